The summed E-state index contributed by atoms with van der Waals surface area (Å²) in [7, 11) is 0. The minimum atomic E-state index is -4.33. The Balaban J connectivity index is 3.29. The van der Waals surface area contributed by atoms with Crippen LogP contribution in [-0.4, -0.2) is 0 Å². The fraction of sp³-hybridized carbons (Fsp3) is 0.250. The molecule has 1 nitrogen and oxygen atoms in total. The second-order valence-electron chi connectivity index (χ2n) is 2.63. The smallest absolute Gasteiger partial charge is 0.326 e. The van der Waals surface area contributed by atoms with Gasteiger partial charge in [-0.05, 0) is 40.3 Å². The third-order valence-electron chi connectivity index (χ3n) is 1.66. The molecule has 0 fully saturated rings. The van der Waals surface area contributed by atoms with Crippen LogP contribution in [0.4, 0.5) is 13.2 Å². The van der Waals surface area contributed by atoms with Gasteiger partial charge in [0.1, 0.15) is 0 Å². The second-order valence-corrected chi connectivity index (χ2v) is 4.64. The minimum Gasteiger partial charge on any atom is -0.326 e. The molecule has 0 aromatic heterocycles. The van der Waals surface area contributed by atoms with E-state index in [-0.39, 0.29) is 11.0 Å². The predicted octanol–water partition coefficient (Wildman–Crippen LogP) is 3.53. The summed E-state index contributed by atoms with van der Waals surface area (Å²) < 4.78 is 37.8. The SMILES string of the molecule is NCc1cc(Br)c(C(F)(F)F)cc1I. The van der Waals surface area contributed by atoms with Crippen LogP contribution in [0.1, 0.15) is 11.1 Å². The van der Waals surface area contributed by atoms with Crippen molar-refractivity contribution in [2.45, 2.75) is 12.7 Å². The summed E-state index contributed by atoms with van der Waals surface area (Å²) in [6.07, 6.45) is -4.33. The molecule has 2 N–H and O–H groups in total. The first kappa shape index (κ1) is 12.3. The highest BCUT2D eigenvalue weighted by Gasteiger charge is 2.33. The standard InChI is InChI=1S/C8H6BrF3IN/c9-6-1-4(3-14)7(13)2-5(6)8(10,11)12/h1-2H,3,14H2. The summed E-state index contributed by atoms with van der Waals surface area (Å²) in [6.45, 7) is 0.231. The first-order valence-electron chi connectivity index (χ1n) is 3.61. The molecule has 0 unspecified atom stereocenters. The third kappa shape index (κ3) is 2.60. The second kappa shape index (κ2) is 4.36. The Bertz CT molecular complexity index is 351. The fourth-order valence-electron chi connectivity index (χ4n) is 0.962. The summed E-state index contributed by atoms with van der Waals surface area (Å²) in [4.78, 5) is 0. The van der Waals surface area contributed by atoms with Crippen LogP contribution in [0.3, 0.4) is 0 Å². The highest BCUT2D eigenvalue weighted by Crippen LogP contribution is 2.36. The van der Waals surface area contributed by atoms with Crippen LogP contribution in [0.25, 0.3) is 0 Å². The van der Waals surface area contributed by atoms with E-state index in [2.05, 4.69) is 15.9 Å². The lowest BCUT2D eigenvalue weighted by atomic mass is 10.1. The molecule has 0 heterocycles. The van der Waals surface area contributed by atoms with Crippen LogP contribution >= 0.6 is 38.5 Å². The number of rotatable bonds is 1. The van der Waals surface area contributed by atoms with Crippen molar-refractivity contribution in [3.05, 3.63) is 31.3 Å². The Morgan fingerprint density at radius 1 is 1.36 bits per heavy atom. The average Bonchev–Trinajstić information content (AvgIpc) is 2.06. The van der Waals surface area contributed by atoms with Gasteiger partial charge in [-0.3, -0.25) is 0 Å². The molecule has 0 saturated carbocycles. The Hall–Kier alpha value is 0.180. The summed E-state index contributed by atoms with van der Waals surface area (Å²) in [5.41, 5.74) is 5.40. The molecule has 14 heavy (non-hydrogen) atoms. The first-order chi connectivity index (χ1) is 6.36. The van der Waals surface area contributed by atoms with Gasteiger partial charge in [0, 0.05) is 14.6 Å². The van der Waals surface area contributed by atoms with Gasteiger partial charge in [0.15, 0.2) is 0 Å². The average molecular weight is 380 g/mol. The van der Waals surface area contributed by atoms with Crippen molar-refractivity contribution in [2.24, 2.45) is 5.73 Å². The third-order valence-corrected chi connectivity index (χ3v) is 3.32. The summed E-state index contributed by atoms with van der Waals surface area (Å²) >= 11 is 4.72. The lowest BCUT2D eigenvalue weighted by Gasteiger charge is -2.11. The van der Waals surface area contributed by atoms with Crippen molar-refractivity contribution in [3.8, 4) is 0 Å². The number of alkyl halides is 3. The lowest BCUT2D eigenvalue weighted by molar-refractivity contribution is -0.138. The molecule has 1 aromatic carbocycles. The van der Waals surface area contributed by atoms with E-state index in [1.165, 1.54) is 6.07 Å². The van der Waals surface area contributed by atoms with Crippen LogP contribution < -0.4 is 5.73 Å². The molecular weight excluding hydrogens is 374 g/mol. The Morgan fingerprint density at radius 2 is 1.93 bits per heavy atom. The van der Waals surface area contributed by atoms with E-state index >= 15 is 0 Å². The normalized spacial score (nSPS) is 11.9. The molecule has 1 rings (SSSR count). The quantitative estimate of drug-likeness (QED) is 0.742. The topological polar surface area (TPSA) is 26.0 Å². The van der Waals surface area contributed by atoms with E-state index in [9.17, 15) is 13.2 Å². The van der Waals surface area contributed by atoms with Gasteiger partial charge in [0.25, 0.3) is 0 Å². The summed E-state index contributed by atoms with van der Waals surface area (Å²) in [5, 5.41) is 0. The van der Waals surface area contributed by atoms with Gasteiger partial charge in [-0.1, -0.05) is 15.9 Å². The number of nitrogens with two attached hydrogens (primary N) is 1. The monoisotopic (exact) mass is 379 g/mol. The molecule has 1 aromatic rings. The maximum absolute atomic E-state index is 12.4. The van der Waals surface area contributed by atoms with Crippen molar-refractivity contribution in [1.82, 2.24) is 0 Å². The number of hydrogen-bond donors (Lipinski definition) is 1. The zero-order chi connectivity index (χ0) is 10.9. The molecular formula is C8H6BrF3IN. The molecule has 0 bridgehead atoms. The summed E-state index contributed by atoms with van der Waals surface area (Å²) in [5.74, 6) is 0. The van der Waals surface area contributed by atoms with Gasteiger partial charge in [0.05, 0.1) is 5.56 Å². The first-order valence-corrected chi connectivity index (χ1v) is 5.48. The molecule has 0 aliphatic rings. The van der Waals surface area contributed by atoms with E-state index in [0.29, 0.717) is 9.13 Å². The highest BCUT2D eigenvalue weighted by atomic mass is 127. The molecule has 0 amide bonds. The van der Waals surface area contributed by atoms with Gasteiger partial charge in [0.2, 0.25) is 0 Å². The van der Waals surface area contributed by atoms with Crippen LogP contribution in [0.2, 0.25) is 0 Å². The van der Waals surface area contributed by atoms with Crippen molar-refractivity contribution in [3.63, 3.8) is 0 Å². The zero-order valence-corrected chi connectivity index (χ0v) is 10.6. The van der Waals surface area contributed by atoms with E-state index in [1.807, 2.05) is 22.6 Å². The zero-order valence-electron chi connectivity index (χ0n) is 6.83. The highest BCUT2D eigenvalue weighted by molar-refractivity contribution is 14.1. The molecule has 0 saturated heterocycles. The van der Waals surface area contributed by atoms with Gasteiger partial charge in [-0.2, -0.15) is 13.2 Å². The molecule has 0 atom stereocenters. The van der Waals surface area contributed by atoms with Crippen molar-refractivity contribution >= 4 is 38.5 Å². The van der Waals surface area contributed by atoms with Crippen LogP contribution in [0.15, 0.2) is 16.6 Å². The van der Waals surface area contributed by atoms with Crippen LogP contribution in [0, 0.1) is 3.57 Å². The Labute approximate surface area is 101 Å². The molecule has 0 aliphatic carbocycles. The molecule has 0 radical (unpaired) electrons. The molecule has 78 valence electrons. The van der Waals surface area contributed by atoms with Gasteiger partial charge in [-0.25, -0.2) is 0 Å². The number of benzene rings is 1. The fourth-order valence-corrected chi connectivity index (χ4v) is 2.26. The van der Waals surface area contributed by atoms with Crippen molar-refractivity contribution < 1.29 is 13.2 Å². The van der Waals surface area contributed by atoms with E-state index in [0.717, 1.165) is 6.07 Å². The Kier molecular flexibility index (Phi) is 3.81. The van der Waals surface area contributed by atoms with Gasteiger partial charge >= 0.3 is 6.18 Å². The van der Waals surface area contributed by atoms with E-state index in [4.69, 9.17) is 5.73 Å². The Morgan fingerprint density at radius 3 is 2.36 bits per heavy atom. The minimum absolute atomic E-state index is 0.0332. The lowest BCUT2D eigenvalue weighted by Crippen LogP contribution is -2.08. The van der Waals surface area contributed by atoms with Crippen LogP contribution in [0.5, 0.6) is 0 Å². The molecule has 0 spiro atoms. The molecule has 6 heteroatoms. The predicted molar refractivity (Wildman–Crippen MR) is 59.8 cm³/mol. The number of halogens is 5. The largest absolute Gasteiger partial charge is 0.417 e. The van der Waals surface area contributed by atoms with Crippen molar-refractivity contribution in [2.75, 3.05) is 0 Å². The van der Waals surface area contributed by atoms with Crippen LogP contribution in [-0.2, 0) is 12.7 Å². The summed E-state index contributed by atoms with van der Waals surface area (Å²) in [6, 6.07) is 2.50. The number of hydrogen-bond acceptors (Lipinski definition) is 1. The van der Waals surface area contributed by atoms with E-state index < -0.39 is 11.7 Å². The van der Waals surface area contributed by atoms with Gasteiger partial charge in [-0.15, -0.1) is 0 Å². The maximum Gasteiger partial charge on any atom is 0.417 e. The van der Waals surface area contributed by atoms with Crippen molar-refractivity contribution in [1.29, 1.82) is 0 Å². The van der Waals surface area contributed by atoms with Gasteiger partial charge < -0.3 is 5.73 Å². The van der Waals surface area contributed by atoms with E-state index in [1.54, 1.807) is 0 Å². The molecule has 0 aliphatic heterocycles. The maximum atomic E-state index is 12.4.